The molecular formula is C32H45NO2. The van der Waals surface area contributed by atoms with E-state index in [4.69, 9.17) is 0 Å². The summed E-state index contributed by atoms with van der Waals surface area (Å²) in [6.07, 6.45) is 12.5. The minimum atomic E-state index is -0.575. The van der Waals surface area contributed by atoms with Gasteiger partial charge >= 0.3 is 0 Å². The molecule has 0 unspecified atom stereocenters. The Hall–Kier alpha value is -1.69. The second kappa shape index (κ2) is 7.20. The first-order chi connectivity index (χ1) is 16.1. The second-order valence-corrected chi connectivity index (χ2v) is 15.1. The summed E-state index contributed by atoms with van der Waals surface area (Å²) in [5.74, 6) is 1.18. The van der Waals surface area contributed by atoms with Crippen molar-refractivity contribution < 1.29 is 9.59 Å². The van der Waals surface area contributed by atoms with E-state index in [0.717, 1.165) is 38.5 Å². The van der Waals surface area contributed by atoms with Crippen molar-refractivity contribution in [3.05, 3.63) is 24.3 Å². The highest BCUT2D eigenvalue weighted by atomic mass is 16.1. The van der Waals surface area contributed by atoms with E-state index in [1.807, 2.05) is 19.9 Å². The SMILES string of the molecule is C=C[C@]12CCC(C)(C)C[C@H]1[C@H]1C(=O)C[C@@H]3[C@@]4(C)C=C(C#N)C(=O)C(C)(C)[C@@H]4CC[C@@]3(C)[C@]1(C)CC2. The van der Waals surface area contributed by atoms with Crippen LogP contribution in [0.3, 0.4) is 0 Å². The lowest BCUT2D eigenvalue weighted by Crippen LogP contribution is -2.68. The van der Waals surface area contributed by atoms with E-state index >= 15 is 0 Å². The van der Waals surface area contributed by atoms with Gasteiger partial charge in [0.25, 0.3) is 0 Å². The Bertz CT molecular complexity index is 1070. The van der Waals surface area contributed by atoms with Gasteiger partial charge in [0.05, 0.1) is 5.57 Å². The Kier molecular flexibility index (Phi) is 5.14. The second-order valence-electron chi connectivity index (χ2n) is 15.1. The Morgan fingerprint density at radius 3 is 2.23 bits per heavy atom. The molecular weight excluding hydrogens is 430 g/mol. The molecule has 0 aromatic rings. The summed E-state index contributed by atoms with van der Waals surface area (Å²) in [5.41, 5.74) is -0.313. The first-order valence-corrected chi connectivity index (χ1v) is 14.0. The summed E-state index contributed by atoms with van der Waals surface area (Å²) in [7, 11) is 0. The lowest BCUT2D eigenvalue weighted by molar-refractivity contribution is -0.217. The molecule has 0 spiro atoms. The largest absolute Gasteiger partial charge is 0.299 e. The third-order valence-electron chi connectivity index (χ3n) is 12.9. The molecule has 190 valence electrons. The molecule has 0 saturated heterocycles. The number of carbonyl (C=O) groups is 2. The Balaban J connectivity index is 1.64. The average molecular weight is 476 g/mol. The summed E-state index contributed by atoms with van der Waals surface area (Å²) in [6.45, 7) is 20.3. The van der Waals surface area contributed by atoms with Gasteiger partial charge in [0, 0.05) is 17.8 Å². The topological polar surface area (TPSA) is 57.9 Å². The molecule has 0 N–H and O–H groups in total. The van der Waals surface area contributed by atoms with E-state index < -0.39 is 5.41 Å². The third-order valence-corrected chi connectivity index (χ3v) is 12.9. The zero-order valence-corrected chi connectivity index (χ0v) is 23.1. The highest BCUT2D eigenvalue weighted by Gasteiger charge is 2.71. The third kappa shape index (κ3) is 2.95. The molecule has 4 fully saturated rings. The molecule has 8 atom stereocenters. The lowest BCUT2D eigenvalue weighted by atomic mass is 9.31. The fraction of sp³-hybridized carbons (Fsp3) is 0.781. The molecule has 5 aliphatic carbocycles. The molecule has 0 bridgehead atoms. The Labute approximate surface area is 212 Å². The molecule has 3 heteroatoms. The van der Waals surface area contributed by atoms with Crippen molar-refractivity contribution in [2.24, 2.45) is 56.2 Å². The van der Waals surface area contributed by atoms with Crippen LogP contribution >= 0.6 is 0 Å². The molecule has 5 aliphatic rings. The van der Waals surface area contributed by atoms with E-state index in [2.05, 4.69) is 53.3 Å². The predicted molar refractivity (Wildman–Crippen MR) is 139 cm³/mol. The monoisotopic (exact) mass is 475 g/mol. The summed E-state index contributed by atoms with van der Waals surface area (Å²) in [4.78, 5) is 27.6. The first kappa shape index (κ1) is 25.0. The maximum absolute atomic E-state index is 14.4. The minimum Gasteiger partial charge on any atom is -0.299 e. The van der Waals surface area contributed by atoms with E-state index in [9.17, 15) is 14.9 Å². The van der Waals surface area contributed by atoms with Crippen LogP contribution < -0.4 is 0 Å². The summed E-state index contributed by atoms with van der Waals surface area (Å²) in [6, 6.07) is 2.23. The molecule has 35 heavy (non-hydrogen) atoms. The van der Waals surface area contributed by atoms with E-state index in [-0.39, 0.29) is 50.6 Å². The van der Waals surface area contributed by atoms with Crippen LogP contribution in [0.25, 0.3) is 0 Å². The fourth-order valence-corrected chi connectivity index (χ4v) is 10.7. The van der Waals surface area contributed by atoms with Gasteiger partial charge in [-0.3, -0.25) is 9.59 Å². The van der Waals surface area contributed by atoms with Gasteiger partial charge < -0.3 is 0 Å². The number of allylic oxidation sites excluding steroid dienone is 3. The lowest BCUT2D eigenvalue weighted by Gasteiger charge is -2.71. The van der Waals surface area contributed by atoms with Crippen LogP contribution in [0.5, 0.6) is 0 Å². The number of nitriles is 1. The minimum absolute atomic E-state index is 0.000714. The van der Waals surface area contributed by atoms with Gasteiger partial charge in [-0.1, -0.05) is 60.6 Å². The Morgan fingerprint density at radius 1 is 0.943 bits per heavy atom. The van der Waals surface area contributed by atoms with Gasteiger partial charge in [0.2, 0.25) is 0 Å². The number of carbonyl (C=O) groups excluding carboxylic acids is 2. The molecule has 0 aliphatic heterocycles. The van der Waals surface area contributed by atoms with Gasteiger partial charge in [-0.2, -0.15) is 5.26 Å². The molecule has 3 nitrogen and oxygen atoms in total. The van der Waals surface area contributed by atoms with Crippen LogP contribution in [0, 0.1) is 67.5 Å². The summed E-state index contributed by atoms with van der Waals surface area (Å²) >= 11 is 0. The number of hydrogen-bond donors (Lipinski definition) is 0. The maximum atomic E-state index is 14.4. The van der Waals surface area contributed by atoms with E-state index in [0.29, 0.717) is 23.7 Å². The highest BCUT2D eigenvalue weighted by Crippen LogP contribution is 2.75. The van der Waals surface area contributed by atoms with Crippen molar-refractivity contribution in [2.45, 2.75) is 99.8 Å². The van der Waals surface area contributed by atoms with Crippen molar-refractivity contribution >= 4 is 11.6 Å². The van der Waals surface area contributed by atoms with Crippen LogP contribution in [0.4, 0.5) is 0 Å². The number of hydrogen-bond acceptors (Lipinski definition) is 3. The number of ketones is 2. The molecule has 0 amide bonds. The molecule has 5 rings (SSSR count). The summed E-state index contributed by atoms with van der Waals surface area (Å²) < 4.78 is 0. The zero-order chi connectivity index (χ0) is 25.8. The van der Waals surface area contributed by atoms with Gasteiger partial charge in [0.15, 0.2) is 5.78 Å². The van der Waals surface area contributed by atoms with Crippen LogP contribution in [0.2, 0.25) is 0 Å². The quantitative estimate of drug-likeness (QED) is 0.370. The first-order valence-electron chi connectivity index (χ1n) is 14.0. The number of rotatable bonds is 1. The Morgan fingerprint density at radius 2 is 1.60 bits per heavy atom. The average Bonchev–Trinajstić information content (AvgIpc) is 2.77. The molecule has 0 heterocycles. The predicted octanol–water partition coefficient (Wildman–Crippen LogP) is 7.47. The molecule has 4 saturated carbocycles. The van der Waals surface area contributed by atoms with Crippen molar-refractivity contribution in [1.29, 1.82) is 5.26 Å². The fourth-order valence-electron chi connectivity index (χ4n) is 10.7. The standard InChI is InChI=1S/C32H45NO2/c1-9-32-14-12-27(2,3)18-21(32)25-22(34)16-24-29(6)17-20(19-33)26(35)28(4,5)23(29)10-11-30(24,7)31(25,8)13-15-32/h9,17,21,23-25H,1,10-16,18H2,2-8H3/t21-,23-,24+,25-,29-,30+,31+,32+/m0/s1. The highest BCUT2D eigenvalue weighted by molar-refractivity contribution is 6.04. The molecule has 0 aromatic carbocycles. The van der Waals surface area contributed by atoms with Crippen molar-refractivity contribution in [3.63, 3.8) is 0 Å². The smallest absolute Gasteiger partial charge is 0.178 e. The van der Waals surface area contributed by atoms with Crippen molar-refractivity contribution in [3.8, 4) is 6.07 Å². The van der Waals surface area contributed by atoms with Crippen LogP contribution in [0.15, 0.2) is 24.3 Å². The van der Waals surface area contributed by atoms with Crippen LogP contribution in [0.1, 0.15) is 99.8 Å². The van der Waals surface area contributed by atoms with Crippen molar-refractivity contribution in [1.82, 2.24) is 0 Å². The van der Waals surface area contributed by atoms with Gasteiger partial charge in [0.1, 0.15) is 11.9 Å². The van der Waals surface area contributed by atoms with E-state index in [1.165, 1.54) is 6.42 Å². The van der Waals surface area contributed by atoms with Gasteiger partial charge in [-0.25, -0.2) is 0 Å². The summed E-state index contributed by atoms with van der Waals surface area (Å²) in [5, 5.41) is 9.87. The van der Waals surface area contributed by atoms with Crippen LogP contribution in [-0.2, 0) is 9.59 Å². The van der Waals surface area contributed by atoms with Crippen molar-refractivity contribution in [2.75, 3.05) is 0 Å². The number of fused-ring (bicyclic) bond motifs is 7. The number of nitrogens with zero attached hydrogens (tertiary/aromatic N) is 1. The molecule has 0 radical (unpaired) electrons. The van der Waals surface area contributed by atoms with E-state index in [1.54, 1.807) is 0 Å². The molecule has 0 aromatic heterocycles. The normalized spacial score (nSPS) is 49.9. The maximum Gasteiger partial charge on any atom is 0.178 e. The van der Waals surface area contributed by atoms with Gasteiger partial charge in [-0.05, 0) is 89.8 Å². The van der Waals surface area contributed by atoms with Gasteiger partial charge in [-0.15, -0.1) is 6.58 Å². The van der Waals surface area contributed by atoms with Crippen LogP contribution in [-0.4, -0.2) is 11.6 Å². The zero-order valence-electron chi connectivity index (χ0n) is 23.1. The number of Topliss-reactive ketones (excluding diaryl/α,β-unsaturated/α-hetero) is 2.